The van der Waals surface area contributed by atoms with Crippen LogP contribution in [0.5, 0.6) is 11.5 Å². The summed E-state index contributed by atoms with van der Waals surface area (Å²) in [6, 6.07) is 23.4. The molecular formula is C24H24N2O4. The van der Waals surface area contributed by atoms with Crippen LogP contribution in [0.4, 0.5) is 11.4 Å². The van der Waals surface area contributed by atoms with E-state index in [2.05, 4.69) is 10.6 Å². The molecule has 6 heteroatoms. The van der Waals surface area contributed by atoms with Crippen LogP contribution in [-0.2, 0) is 4.79 Å². The maximum atomic E-state index is 12.3. The molecule has 0 aliphatic heterocycles. The van der Waals surface area contributed by atoms with Crippen LogP contribution < -0.4 is 20.1 Å². The Balaban J connectivity index is 1.42. The van der Waals surface area contributed by atoms with Gasteiger partial charge in [-0.15, -0.1) is 0 Å². The molecule has 0 saturated heterocycles. The molecule has 0 aliphatic rings. The maximum Gasteiger partial charge on any atom is 0.255 e. The first-order valence-corrected chi connectivity index (χ1v) is 9.67. The average Bonchev–Trinajstić information content (AvgIpc) is 2.78. The molecule has 0 heterocycles. The smallest absolute Gasteiger partial charge is 0.255 e. The van der Waals surface area contributed by atoms with Gasteiger partial charge >= 0.3 is 0 Å². The Labute approximate surface area is 175 Å². The van der Waals surface area contributed by atoms with Gasteiger partial charge < -0.3 is 20.1 Å². The first-order valence-electron chi connectivity index (χ1n) is 9.67. The molecule has 0 saturated carbocycles. The van der Waals surface area contributed by atoms with Crippen LogP contribution in [-0.4, -0.2) is 25.5 Å². The second-order valence-corrected chi connectivity index (χ2v) is 6.57. The van der Waals surface area contributed by atoms with Gasteiger partial charge in [0.25, 0.3) is 5.91 Å². The van der Waals surface area contributed by atoms with E-state index >= 15 is 0 Å². The summed E-state index contributed by atoms with van der Waals surface area (Å²) in [5, 5.41) is 5.65. The van der Waals surface area contributed by atoms with Crippen molar-refractivity contribution in [1.29, 1.82) is 0 Å². The average molecular weight is 404 g/mol. The number of ether oxygens (including phenoxy) is 2. The van der Waals surface area contributed by atoms with E-state index in [4.69, 9.17) is 9.47 Å². The molecule has 6 nitrogen and oxygen atoms in total. The quantitative estimate of drug-likeness (QED) is 0.505. The second kappa shape index (κ2) is 10.7. The van der Waals surface area contributed by atoms with E-state index in [1.54, 1.807) is 55.6 Å². The number of rotatable bonds is 9. The summed E-state index contributed by atoms with van der Waals surface area (Å²) in [6.45, 7) is 0.474. The van der Waals surface area contributed by atoms with Gasteiger partial charge in [-0.2, -0.15) is 0 Å². The Hall–Kier alpha value is -3.80. The van der Waals surface area contributed by atoms with Crippen LogP contribution in [0.25, 0.3) is 0 Å². The Kier molecular flexibility index (Phi) is 7.44. The number of amides is 2. The van der Waals surface area contributed by atoms with E-state index in [1.807, 2.05) is 30.3 Å². The van der Waals surface area contributed by atoms with E-state index in [9.17, 15) is 9.59 Å². The topological polar surface area (TPSA) is 76.7 Å². The fourth-order valence-electron chi connectivity index (χ4n) is 2.75. The first kappa shape index (κ1) is 20.9. The van der Waals surface area contributed by atoms with E-state index < -0.39 is 0 Å². The molecule has 2 amide bonds. The zero-order valence-electron chi connectivity index (χ0n) is 16.8. The predicted octanol–water partition coefficient (Wildman–Crippen LogP) is 4.75. The normalized spacial score (nSPS) is 10.2. The largest absolute Gasteiger partial charge is 0.497 e. The third-order valence-corrected chi connectivity index (χ3v) is 4.34. The second-order valence-electron chi connectivity index (χ2n) is 6.57. The summed E-state index contributed by atoms with van der Waals surface area (Å²) in [7, 11) is 1.59. The number of benzene rings is 3. The molecule has 0 fully saturated rings. The number of anilines is 2. The first-order chi connectivity index (χ1) is 14.6. The number of para-hydroxylation sites is 1. The molecule has 2 N–H and O–H groups in total. The Morgan fingerprint density at radius 1 is 0.767 bits per heavy atom. The molecule has 3 aromatic carbocycles. The van der Waals surface area contributed by atoms with Gasteiger partial charge in [0, 0.05) is 23.4 Å². The predicted molar refractivity (Wildman–Crippen MR) is 117 cm³/mol. The van der Waals surface area contributed by atoms with Gasteiger partial charge in [-0.05, 0) is 67.1 Å². The Bertz CT molecular complexity index is 955. The molecule has 3 rings (SSSR count). The lowest BCUT2D eigenvalue weighted by molar-refractivity contribution is -0.116. The van der Waals surface area contributed by atoms with Crippen LogP contribution in [0.1, 0.15) is 23.2 Å². The molecule has 0 atom stereocenters. The molecule has 0 spiro atoms. The maximum absolute atomic E-state index is 12.3. The molecule has 0 aromatic heterocycles. The SMILES string of the molecule is COc1ccc(NC(=O)c2ccc(NC(=O)CCCOc3ccccc3)cc2)cc1. The number of hydrogen-bond acceptors (Lipinski definition) is 4. The summed E-state index contributed by atoms with van der Waals surface area (Å²) in [5.41, 5.74) is 1.82. The zero-order valence-corrected chi connectivity index (χ0v) is 16.8. The molecule has 154 valence electrons. The molecule has 0 bridgehead atoms. The molecule has 3 aromatic rings. The molecule has 0 radical (unpaired) electrons. The van der Waals surface area contributed by atoms with Gasteiger partial charge in [-0.25, -0.2) is 0 Å². The Morgan fingerprint density at radius 2 is 1.40 bits per heavy atom. The van der Waals surface area contributed by atoms with Crippen molar-refractivity contribution in [3.8, 4) is 11.5 Å². The van der Waals surface area contributed by atoms with E-state index in [0.29, 0.717) is 36.4 Å². The van der Waals surface area contributed by atoms with E-state index in [-0.39, 0.29) is 11.8 Å². The number of carbonyl (C=O) groups is 2. The fraction of sp³-hybridized carbons (Fsp3) is 0.167. The van der Waals surface area contributed by atoms with E-state index in [1.165, 1.54) is 0 Å². The highest BCUT2D eigenvalue weighted by atomic mass is 16.5. The van der Waals surface area contributed by atoms with Crippen molar-refractivity contribution in [2.75, 3.05) is 24.4 Å². The van der Waals surface area contributed by atoms with Gasteiger partial charge in [-0.3, -0.25) is 9.59 Å². The minimum atomic E-state index is -0.226. The summed E-state index contributed by atoms with van der Waals surface area (Å²) in [6.07, 6.45) is 0.968. The number of nitrogens with one attached hydrogen (secondary N) is 2. The lowest BCUT2D eigenvalue weighted by Crippen LogP contribution is -2.14. The van der Waals surface area contributed by atoms with Crippen LogP contribution in [0.3, 0.4) is 0 Å². The van der Waals surface area contributed by atoms with Crippen LogP contribution in [0, 0.1) is 0 Å². The lowest BCUT2D eigenvalue weighted by Gasteiger charge is -2.09. The number of hydrogen-bond donors (Lipinski definition) is 2. The van der Waals surface area contributed by atoms with Crippen molar-refractivity contribution in [3.63, 3.8) is 0 Å². The summed E-state index contributed by atoms with van der Waals surface area (Å²) < 4.78 is 10.7. The number of carbonyl (C=O) groups excluding carboxylic acids is 2. The minimum Gasteiger partial charge on any atom is -0.497 e. The summed E-state index contributed by atoms with van der Waals surface area (Å²) >= 11 is 0. The highest BCUT2D eigenvalue weighted by molar-refractivity contribution is 6.04. The standard InChI is InChI=1S/C24H24N2O4/c1-29-21-15-13-20(14-16-21)26-24(28)18-9-11-19(12-10-18)25-23(27)8-5-17-30-22-6-3-2-4-7-22/h2-4,6-7,9-16H,5,8,17H2,1H3,(H,25,27)(H,26,28). The number of methoxy groups -OCH3 is 1. The zero-order chi connectivity index (χ0) is 21.2. The van der Waals surface area contributed by atoms with Gasteiger partial charge in [-0.1, -0.05) is 18.2 Å². The third-order valence-electron chi connectivity index (χ3n) is 4.34. The minimum absolute atomic E-state index is 0.0953. The van der Waals surface area contributed by atoms with Crippen molar-refractivity contribution < 1.29 is 19.1 Å². The van der Waals surface area contributed by atoms with Crippen molar-refractivity contribution in [2.45, 2.75) is 12.8 Å². The van der Waals surface area contributed by atoms with Gasteiger partial charge in [0.1, 0.15) is 11.5 Å². The van der Waals surface area contributed by atoms with Crippen LogP contribution >= 0.6 is 0 Å². The van der Waals surface area contributed by atoms with Gasteiger partial charge in [0.15, 0.2) is 0 Å². The fourth-order valence-corrected chi connectivity index (χ4v) is 2.75. The van der Waals surface area contributed by atoms with Gasteiger partial charge in [0.05, 0.1) is 13.7 Å². The summed E-state index contributed by atoms with van der Waals surface area (Å²) in [5.74, 6) is 1.19. The molecule has 0 aliphatic carbocycles. The lowest BCUT2D eigenvalue weighted by atomic mass is 10.2. The highest BCUT2D eigenvalue weighted by Crippen LogP contribution is 2.17. The Morgan fingerprint density at radius 3 is 2.07 bits per heavy atom. The van der Waals surface area contributed by atoms with Crippen molar-refractivity contribution in [3.05, 3.63) is 84.4 Å². The molecule has 0 unspecified atom stereocenters. The molecule has 30 heavy (non-hydrogen) atoms. The highest BCUT2D eigenvalue weighted by Gasteiger charge is 2.08. The third kappa shape index (κ3) is 6.38. The van der Waals surface area contributed by atoms with Crippen molar-refractivity contribution in [2.24, 2.45) is 0 Å². The van der Waals surface area contributed by atoms with Crippen LogP contribution in [0.2, 0.25) is 0 Å². The van der Waals surface area contributed by atoms with Crippen molar-refractivity contribution in [1.82, 2.24) is 0 Å². The van der Waals surface area contributed by atoms with E-state index in [0.717, 1.165) is 11.5 Å². The molecular weight excluding hydrogens is 380 g/mol. The van der Waals surface area contributed by atoms with Crippen molar-refractivity contribution >= 4 is 23.2 Å². The monoisotopic (exact) mass is 404 g/mol. The van der Waals surface area contributed by atoms with Crippen LogP contribution in [0.15, 0.2) is 78.9 Å². The van der Waals surface area contributed by atoms with Gasteiger partial charge in [0.2, 0.25) is 5.91 Å². The summed E-state index contributed by atoms with van der Waals surface area (Å²) in [4.78, 5) is 24.4.